The normalized spacial score (nSPS) is 13.8. The van der Waals surface area contributed by atoms with E-state index in [1.54, 1.807) is 18.2 Å². The van der Waals surface area contributed by atoms with Crippen LogP contribution in [-0.4, -0.2) is 15.0 Å². The summed E-state index contributed by atoms with van der Waals surface area (Å²) in [6.07, 6.45) is 0. The second-order valence-corrected chi connectivity index (χ2v) is 14.5. The van der Waals surface area contributed by atoms with E-state index >= 15 is 0 Å². The Bertz CT molecular complexity index is 4140. The van der Waals surface area contributed by atoms with Gasteiger partial charge in [-0.1, -0.05) is 152 Å². The van der Waals surface area contributed by atoms with Crippen LogP contribution in [0.1, 0.15) is 12.3 Å². The van der Waals surface area contributed by atoms with Crippen LogP contribution in [0, 0.1) is 0 Å². The molecule has 5 nitrogen and oxygen atoms in total. The topological polar surface area (TPSA) is 65.0 Å². The third-order valence-electron chi connectivity index (χ3n) is 10.8. The van der Waals surface area contributed by atoms with Gasteiger partial charge in [-0.05, 0) is 87.2 Å². The van der Waals surface area contributed by atoms with Crippen molar-refractivity contribution < 1.29 is 21.2 Å². The monoisotopic (exact) mass is 776 g/mol. The fraction of sp³-hybridized carbons (Fsp3) is 0. The first kappa shape index (κ1) is 26.0. The number of benzene rings is 9. The van der Waals surface area contributed by atoms with Gasteiger partial charge in [0.05, 0.1) is 12.3 Å². The van der Waals surface area contributed by atoms with E-state index in [1.807, 2.05) is 109 Å². The molecule has 280 valence electrons. The molecule has 3 heterocycles. The molecule has 12 rings (SSSR count). The van der Waals surface area contributed by atoms with E-state index in [0.29, 0.717) is 39.7 Å². The smallest absolute Gasteiger partial charge is 0.164 e. The summed E-state index contributed by atoms with van der Waals surface area (Å²) in [6.45, 7) is 0. The van der Waals surface area contributed by atoms with Gasteiger partial charge in [0, 0.05) is 43.6 Å². The standard InChI is InChI=1S/C55H33N3O2/c1-3-12-34(13-4-1)37-17-9-19-40(30-37)53-56-54(58-55(57-53)42-26-29-47-50(33-42)59-48-23-11-22-43(51(47)48)35-14-5-2-6-15-35)41-20-10-18-38(31-41)39-25-27-45-46-28-24-36-16-7-8-21-44(36)52(46)60-49(45)32-39/h1-33H/i7D,8D,16D,21D,24D,25D,27D,28D,32D. The van der Waals surface area contributed by atoms with Crippen molar-refractivity contribution in [3.8, 4) is 67.5 Å². The highest BCUT2D eigenvalue weighted by molar-refractivity contribution is 6.15. The Kier molecular flexibility index (Phi) is 5.95. The fourth-order valence-corrected chi connectivity index (χ4v) is 7.92. The van der Waals surface area contributed by atoms with Crippen molar-refractivity contribution in [2.75, 3.05) is 0 Å². The van der Waals surface area contributed by atoms with E-state index in [9.17, 15) is 4.11 Å². The summed E-state index contributed by atoms with van der Waals surface area (Å²) >= 11 is 0. The van der Waals surface area contributed by atoms with Crippen LogP contribution in [0.4, 0.5) is 0 Å². The Balaban J connectivity index is 1.04. The van der Waals surface area contributed by atoms with Crippen LogP contribution in [0.15, 0.2) is 209 Å². The molecule has 0 aliphatic rings. The average Bonchev–Trinajstić information content (AvgIpc) is 3.98. The van der Waals surface area contributed by atoms with E-state index in [4.69, 9.17) is 32.0 Å². The van der Waals surface area contributed by atoms with Crippen molar-refractivity contribution in [3.05, 3.63) is 200 Å². The minimum Gasteiger partial charge on any atom is -0.456 e. The summed E-state index contributed by atoms with van der Waals surface area (Å²) in [7, 11) is 0. The van der Waals surface area contributed by atoms with Crippen LogP contribution in [0.3, 0.4) is 0 Å². The van der Waals surface area contributed by atoms with Gasteiger partial charge in [-0.2, -0.15) is 0 Å². The van der Waals surface area contributed by atoms with Crippen molar-refractivity contribution in [3.63, 3.8) is 0 Å². The van der Waals surface area contributed by atoms with Gasteiger partial charge in [-0.25, -0.2) is 15.0 Å². The summed E-state index contributed by atoms with van der Waals surface area (Å²) in [5.41, 5.74) is 7.60. The van der Waals surface area contributed by atoms with Gasteiger partial charge >= 0.3 is 0 Å². The SMILES string of the molecule is [2H]c1c([2H])c([2H])c2c(c1[2H])c([2H])c([2H])c1c2oc2c([2H])c(-c3cccc(-c4nc(-c5cccc(-c6ccccc6)c5)nc(-c5ccc6c(c5)oc5cccc(-c7ccccc7)c56)n4)c3)c([2H])c([2H])c21. The maximum Gasteiger partial charge on any atom is 0.164 e. The Morgan fingerprint density at radius 1 is 0.367 bits per heavy atom. The number of hydrogen-bond donors (Lipinski definition) is 0. The van der Waals surface area contributed by atoms with Crippen LogP contribution in [0.5, 0.6) is 0 Å². The molecule has 5 heteroatoms. The first-order chi connectivity index (χ1) is 33.5. The molecule has 0 N–H and O–H groups in total. The molecular weight excluding hydrogens is 735 g/mol. The predicted octanol–water partition coefficient (Wildman–Crippen LogP) is 14.8. The van der Waals surface area contributed by atoms with Gasteiger partial charge in [0.25, 0.3) is 0 Å². The molecule has 0 spiro atoms. The molecule has 0 radical (unpaired) electrons. The van der Waals surface area contributed by atoms with Gasteiger partial charge in [0.15, 0.2) is 17.5 Å². The summed E-state index contributed by atoms with van der Waals surface area (Å²) in [5.74, 6) is 1.08. The molecule has 0 atom stereocenters. The van der Waals surface area contributed by atoms with E-state index in [2.05, 4.69) is 18.2 Å². The van der Waals surface area contributed by atoms with Gasteiger partial charge in [0.1, 0.15) is 22.3 Å². The van der Waals surface area contributed by atoms with Gasteiger partial charge in [-0.15, -0.1) is 0 Å². The van der Waals surface area contributed by atoms with Crippen molar-refractivity contribution >= 4 is 54.6 Å². The van der Waals surface area contributed by atoms with Gasteiger partial charge in [-0.3, -0.25) is 0 Å². The lowest BCUT2D eigenvalue weighted by molar-refractivity contribution is 0.669. The molecule has 0 aliphatic heterocycles. The third kappa shape index (κ3) is 5.75. The molecule has 0 fully saturated rings. The zero-order valence-electron chi connectivity index (χ0n) is 40.5. The van der Waals surface area contributed by atoms with E-state index in [0.717, 1.165) is 44.2 Å². The average molecular weight is 777 g/mol. The zero-order chi connectivity index (χ0) is 47.4. The number of furan rings is 2. The van der Waals surface area contributed by atoms with Gasteiger partial charge in [0.2, 0.25) is 0 Å². The fourth-order valence-electron chi connectivity index (χ4n) is 7.92. The predicted molar refractivity (Wildman–Crippen MR) is 245 cm³/mol. The zero-order valence-corrected chi connectivity index (χ0v) is 31.5. The van der Waals surface area contributed by atoms with Crippen LogP contribution in [0.2, 0.25) is 0 Å². The quantitative estimate of drug-likeness (QED) is 0.168. The Morgan fingerprint density at radius 3 is 1.73 bits per heavy atom. The van der Waals surface area contributed by atoms with Gasteiger partial charge < -0.3 is 8.83 Å². The lowest BCUT2D eigenvalue weighted by Gasteiger charge is -2.11. The van der Waals surface area contributed by atoms with E-state index < -0.39 is 36.3 Å². The molecule has 0 saturated heterocycles. The molecule has 3 aromatic heterocycles. The minimum absolute atomic E-state index is 0.0486. The Morgan fingerprint density at radius 2 is 0.983 bits per heavy atom. The van der Waals surface area contributed by atoms with Crippen molar-refractivity contribution in [1.82, 2.24) is 15.0 Å². The van der Waals surface area contributed by atoms with Crippen molar-refractivity contribution in [2.45, 2.75) is 0 Å². The van der Waals surface area contributed by atoms with E-state index in [1.165, 1.54) is 0 Å². The van der Waals surface area contributed by atoms with Crippen molar-refractivity contribution in [2.24, 2.45) is 0 Å². The highest BCUT2D eigenvalue weighted by Crippen LogP contribution is 2.40. The maximum absolute atomic E-state index is 9.47. The Labute approximate surface area is 357 Å². The molecular formula is C55H33N3O2. The second kappa shape index (κ2) is 13.8. The van der Waals surface area contributed by atoms with Crippen LogP contribution in [-0.2, 0) is 0 Å². The molecule has 0 bridgehead atoms. The second-order valence-electron chi connectivity index (χ2n) is 14.5. The highest BCUT2D eigenvalue weighted by Gasteiger charge is 2.18. The molecule has 0 saturated carbocycles. The highest BCUT2D eigenvalue weighted by atomic mass is 16.3. The summed E-state index contributed by atoms with van der Waals surface area (Å²) in [4.78, 5) is 15.1. The molecule has 60 heavy (non-hydrogen) atoms. The summed E-state index contributed by atoms with van der Waals surface area (Å²) in [5, 5.41) is 1.48. The third-order valence-corrected chi connectivity index (χ3v) is 10.8. The largest absolute Gasteiger partial charge is 0.456 e. The molecule has 0 aliphatic carbocycles. The number of aromatic nitrogens is 3. The summed E-state index contributed by atoms with van der Waals surface area (Å²) < 4.78 is 92.3. The molecule has 12 aromatic rings. The number of fused-ring (bicyclic) bond motifs is 8. The van der Waals surface area contributed by atoms with Crippen LogP contribution >= 0.6 is 0 Å². The number of hydrogen-bond acceptors (Lipinski definition) is 5. The van der Waals surface area contributed by atoms with E-state index in [-0.39, 0.29) is 56.4 Å². The number of nitrogens with zero attached hydrogens (tertiary/aromatic N) is 3. The summed E-state index contributed by atoms with van der Waals surface area (Å²) in [6, 6.07) is 43.1. The minimum atomic E-state index is -0.558. The van der Waals surface area contributed by atoms with Crippen LogP contribution < -0.4 is 0 Å². The first-order valence-corrected chi connectivity index (χ1v) is 19.4. The lowest BCUT2D eigenvalue weighted by Crippen LogP contribution is -2.00. The van der Waals surface area contributed by atoms with Crippen LogP contribution in [0.25, 0.3) is 122 Å². The number of rotatable bonds is 6. The molecule has 0 unspecified atom stereocenters. The molecule has 0 amide bonds. The van der Waals surface area contributed by atoms with Crippen molar-refractivity contribution in [1.29, 1.82) is 0 Å². The Hall–Kier alpha value is -8.15. The molecule has 9 aromatic carbocycles. The lowest BCUT2D eigenvalue weighted by atomic mass is 9.99. The maximum atomic E-state index is 9.47. The first-order valence-electron chi connectivity index (χ1n) is 23.9.